The molecular formula is C132H96N10Ni6S. The van der Waals surface area contributed by atoms with Crippen molar-refractivity contribution >= 4 is 17.4 Å². The van der Waals surface area contributed by atoms with Gasteiger partial charge >= 0.3 is 98.9 Å². The molecule has 0 amide bonds. The molecule has 6 radical (unpaired) electrons. The molecule has 0 fully saturated rings. The van der Waals surface area contributed by atoms with Crippen LogP contribution < -0.4 is 0 Å². The van der Waals surface area contributed by atoms with E-state index in [-0.39, 0.29) is 104 Å². The first-order valence-electron chi connectivity index (χ1n) is 45.6. The summed E-state index contributed by atoms with van der Waals surface area (Å²) in [6.07, 6.45) is 3.39. The summed E-state index contributed by atoms with van der Waals surface area (Å²) in [5.41, 5.74) is 27.0. The van der Waals surface area contributed by atoms with Crippen LogP contribution in [0.5, 0.6) is 0 Å². The Morgan fingerprint density at radius 1 is 0.215 bits per heavy atom. The van der Waals surface area contributed by atoms with Crippen molar-refractivity contribution in [2.45, 2.75) is 40.0 Å². The summed E-state index contributed by atoms with van der Waals surface area (Å²) >= 11 is 3.70. The molecular weight excluding hydrogens is 2110 g/mol. The van der Waals surface area contributed by atoms with E-state index >= 15 is 0 Å². The zero-order chi connectivity index (χ0) is 100. The molecule has 8 heterocycles. The van der Waals surface area contributed by atoms with Gasteiger partial charge in [0, 0.05) is 0 Å². The fourth-order valence-electron chi connectivity index (χ4n) is 13.2. The number of hydrogen-bond donors (Lipinski definition) is 0. The second-order valence-electron chi connectivity index (χ2n) is 31.3. The fourth-order valence-corrected chi connectivity index (χ4v) is 13.2. The van der Waals surface area contributed by atoms with E-state index < -0.39 is 0 Å². The zero-order valence-corrected chi connectivity index (χ0v) is 88.3. The average Bonchev–Trinajstić information content (AvgIpc) is 0.862. The number of rotatable bonds is 12. The molecule has 0 aliphatic rings. The summed E-state index contributed by atoms with van der Waals surface area (Å²) in [7, 11) is 0. The summed E-state index contributed by atoms with van der Waals surface area (Å²) in [5.74, 6) is 0. The monoisotopic (exact) mass is 2200 g/mol. The van der Waals surface area contributed by atoms with Crippen molar-refractivity contribution in [1.82, 2.24) is 39.9 Å². The molecule has 22 rings (SSSR count). The Labute approximate surface area is 945 Å². The van der Waals surface area contributed by atoms with Crippen molar-refractivity contribution in [3.05, 3.63) is 618 Å². The summed E-state index contributed by atoms with van der Waals surface area (Å²) in [5, 5.41) is 14.7. The Morgan fingerprint density at radius 3 is 0.477 bits per heavy atom. The van der Waals surface area contributed by atoms with Gasteiger partial charge in [-0.1, -0.05) is 180 Å². The summed E-state index contributed by atoms with van der Waals surface area (Å²) < 4.78 is 0. The minimum atomic E-state index is 0. The van der Waals surface area contributed by atoms with Crippen LogP contribution in [0, 0.1) is 123 Å². The number of benzene rings is 14. The number of thiocarbonyl (C=S) groups is 1. The third-order valence-electron chi connectivity index (χ3n) is 20.0. The number of nitrogens with zero attached hydrogens (tertiary/aromatic N) is 10. The Hall–Kier alpha value is -15.5. The first-order chi connectivity index (χ1) is 70.4. The van der Waals surface area contributed by atoms with Crippen molar-refractivity contribution in [2.24, 2.45) is 0 Å². The molecule has 0 spiro atoms. The topological polar surface area (TPSA) is 149 Å². The molecule has 0 bridgehead atoms. The number of pyridine rings is 8. The van der Waals surface area contributed by atoms with Crippen LogP contribution in [0.3, 0.4) is 0 Å². The van der Waals surface area contributed by atoms with Crippen LogP contribution >= 0.6 is 12.2 Å². The third-order valence-corrected chi connectivity index (χ3v) is 20.0. The molecule has 14 aromatic carbocycles. The fraction of sp³-hybridized carbons (Fsp3) is 0.0455. The molecule has 0 aliphatic carbocycles. The molecule has 0 saturated carbocycles. The number of hydrogen-bond acceptors (Lipinski definition) is 10. The van der Waals surface area contributed by atoms with Crippen LogP contribution in [0.15, 0.2) is 492 Å². The van der Waals surface area contributed by atoms with Crippen molar-refractivity contribution in [1.29, 1.82) is 5.26 Å². The van der Waals surface area contributed by atoms with Crippen LogP contribution in [-0.4, -0.2) is 45.0 Å². The maximum absolute atomic E-state index is 7.13. The maximum atomic E-state index is 7.13. The average molecular weight is 2210 g/mol. The van der Waals surface area contributed by atoms with E-state index in [0.717, 1.165) is 146 Å². The van der Waals surface area contributed by atoms with Crippen LogP contribution in [0.25, 0.3) is 140 Å². The van der Waals surface area contributed by atoms with Crippen LogP contribution in [0.2, 0.25) is 0 Å². The molecule has 10 nitrogen and oxygen atoms in total. The Kier molecular flexibility index (Phi) is 60.5. The van der Waals surface area contributed by atoms with Gasteiger partial charge in [-0.25, -0.2) is 0 Å². The molecule has 0 aliphatic heterocycles. The molecule has 0 saturated heterocycles. The van der Waals surface area contributed by atoms with Gasteiger partial charge in [-0.15, -0.1) is 431 Å². The molecule has 22 aromatic rings. The van der Waals surface area contributed by atoms with E-state index in [1.807, 2.05) is 469 Å². The zero-order valence-electron chi connectivity index (χ0n) is 81.5. The van der Waals surface area contributed by atoms with Crippen molar-refractivity contribution in [3.8, 4) is 135 Å². The maximum Gasteiger partial charge on any atom is 3.00 e. The van der Waals surface area contributed by atoms with Crippen molar-refractivity contribution < 1.29 is 98.9 Å². The summed E-state index contributed by atoms with van der Waals surface area (Å²) in [6, 6.07) is 205. The quantitative estimate of drug-likeness (QED) is 0.0501. The predicted molar refractivity (Wildman–Crippen MR) is 582 cm³/mol. The Balaban J connectivity index is 0.000000293. The van der Waals surface area contributed by atoms with Gasteiger partial charge in [0.1, 0.15) is 0 Å². The van der Waals surface area contributed by atoms with Crippen molar-refractivity contribution in [2.75, 3.05) is 0 Å². The first kappa shape index (κ1) is 124. The van der Waals surface area contributed by atoms with E-state index in [1.54, 1.807) is 24.5 Å². The summed E-state index contributed by atoms with van der Waals surface area (Å²) in [4.78, 5) is 35.8. The SMILES string of the molecule is CC(C)(C)c1cc[c-]cc1.Cc1c[c-]cc(C)n1.[C-]#N.[N-]=C=S.[Ni+3].[Ni+3].[Ni+3].[Ni+3].[Ni+3].[Ni+3].[c-]1ccccc1.[c-]1ccccc1-c1cccc(-c2[c-]cccc2)n1.[c-]1ccccc1-c1cccc(-c2[c-]cccc2)n1.[c-]1ccccc1-c1cccc(-c2[c-]cccc2)n1.[c-]1ccccc1-c1cccc(-c2[c-]cccc2)n1.[c-]1ccccc1-c1cccc(-c2[c-]cccc2)n1.[c-]1ccccc1-c1cccc(-c2[c-]cccc2)n1.[c-]1ccncc1. The van der Waals surface area contributed by atoms with Gasteiger partial charge in [0.2, 0.25) is 0 Å². The number of aryl methyl sites for hydroxylation is 2. The smallest absolute Gasteiger partial charge is 0.753 e. The Morgan fingerprint density at radius 2 is 0.376 bits per heavy atom. The molecule has 0 N–H and O–H groups in total. The second kappa shape index (κ2) is 72.7. The van der Waals surface area contributed by atoms with Gasteiger partial charge in [-0.3, -0.25) is 0 Å². The molecule has 0 unspecified atom stereocenters. The van der Waals surface area contributed by atoms with Gasteiger partial charge < -0.3 is 57.1 Å². The van der Waals surface area contributed by atoms with E-state index in [4.69, 9.17) is 17.2 Å². The van der Waals surface area contributed by atoms with E-state index in [0.29, 0.717) is 0 Å². The van der Waals surface area contributed by atoms with Gasteiger partial charge in [-0.2, -0.15) is 114 Å². The minimum absolute atomic E-state index is 0. The van der Waals surface area contributed by atoms with E-state index in [1.165, 1.54) is 10.7 Å². The van der Waals surface area contributed by atoms with Crippen LogP contribution in [0.4, 0.5) is 0 Å². The summed E-state index contributed by atoms with van der Waals surface area (Å²) in [6.45, 7) is 15.3. The van der Waals surface area contributed by atoms with Gasteiger partial charge in [-0.05, 0) is 73.7 Å². The van der Waals surface area contributed by atoms with Gasteiger partial charge in [0.15, 0.2) is 0 Å². The molecule has 740 valence electrons. The Bertz CT molecular complexity index is 5960. The normalized spacial score (nSPS) is 9.39. The number of isothiocyanates is 1. The first-order valence-corrected chi connectivity index (χ1v) is 46.0. The minimum Gasteiger partial charge on any atom is -0.753 e. The predicted octanol–water partition coefficient (Wildman–Crippen LogP) is 31.5. The standard InChI is InChI=1S/6C17H11N.C10H13.C7H8N.C6H5.C5H4N.CNS.CN.6Ni/c6*1-3-8-14(9-4-1)16-12-7-13-17(18-16)15-10-5-2-6-11-15;1-10(2,3)9-7-5-4-6-8-9;1-6-4-3-5-7(2)8-6;2*1-2-4-6-5-3-1;2-1-3;1-2;;;;;;/h6*1-8,10,12-13H;5-8H,1-3H3;4-5H,1-2H3;1-5H;2-5H;;;;;;;;/q6*-2;6*-1;6*+3. The van der Waals surface area contributed by atoms with E-state index in [2.05, 4.69) is 182 Å². The van der Waals surface area contributed by atoms with Crippen LogP contribution in [-0.2, 0) is 104 Å². The molecule has 8 aromatic heterocycles. The number of aromatic nitrogens is 8. The van der Waals surface area contributed by atoms with Gasteiger partial charge in [0.05, 0.1) is 0 Å². The van der Waals surface area contributed by atoms with Gasteiger partial charge in [0.25, 0.3) is 0 Å². The second-order valence-corrected chi connectivity index (χ2v) is 31.5. The molecule has 17 heteroatoms. The van der Waals surface area contributed by atoms with Crippen LogP contribution in [0.1, 0.15) is 37.7 Å². The largest absolute Gasteiger partial charge is 3.00 e. The molecule has 0 atom stereocenters. The third kappa shape index (κ3) is 44.8. The van der Waals surface area contributed by atoms with E-state index in [9.17, 15) is 0 Å². The molecule has 149 heavy (non-hydrogen) atoms. The van der Waals surface area contributed by atoms with Crippen molar-refractivity contribution in [3.63, 3.8) is 0 Å².